The predicted molar refractivity (Wildman–Crippen MR) is 95.6 cm³/mol. The molecule has 1 unspecified atom stereocenters. The van der Waals surface area contributed by atoms with Gasteiger partial charge in [-0.15, -0.1) is 0 Å². The summed E-state index contributed by atoms with van der Waals surface area (Å²) in [4.78, 5) is 7.81. The summed E-state index contributed by atoms with van der Waals surface area (Å²) in [5.74, 6) is 2.69. The molecule has 0 radical (unpaired) electrons. The van der Waals surface area contributed by atoms with Gasteiger partial charge in [0.15, 0.2) is 0 Å². The summed E-state index contributed by atoms with van der Waals surface area (Å²) in [6.45, 7) is 2.27. The Morgan fingerprint density at radius 1 is 0.920 bits per heavy atom. The first-order valence-corrected chi connectivity index (χ1v) is 8.17. The lowest BCUT2D eigenvalue weighted by Crippen LogP contribution is -2.21. The Morgan fingerprint density at radius 3 is 2.32 bits per heavy atom. The second kappa shape index (κ2) is 8.35. The second-order valence-corrected chi connectivity index (χ2v) is 5.69. The van der Waals surface area contributed by atoms with E-state index in [0.717, 1.165) is 17.2 Å². The Kier molecular flexibility index (Phi) is 5.69. The van der Waals surface area contributed by atoms with E-state index in [2.05, 4.69) is 9.97 Å². The Bertz CT molecular complexity index is 797. The molecule has 3 rings (SSSR count). The molecule has 5 nitrogen and oxygen atoms in total. The van der Waals surface area contributed by atoms with Gasteiger partial charge in [0.1, 0.15) is 41.4 Å². The fourth-order valence-electron chi connectivity index (χ4n) is 2.06. The van der Waals surface area contributed by atoms with Crippen molar-refractivity contribution in [2.24, 2.45) is 0 Å². The first kappa shape index (κ1) is 17.0. The fraction of sp³-hybridized carbons (Fsp3) is 0.158. The minimum Gasteiger partial charge on any atom is -0.490 e. The largest absolute Gasteiger partial charge is 0.490 e. The maximum absolute atomic E-state index is 5.80. The van der Waals surface area contributed by atoms with Crippen molar-refractivity contribution in [3.05, 3.63) is 72.1 Å². The van der Waals surface area contributed by atoms with Crippen molar-refractivity contribution in [2.75, 3.05) is 6.61 Å². The zero-order chi connectivity index (χ0) is 17.5. The molecule has 25 heavy (non-hydrogen) atoms. The van der Waals surface area contributed by atoms with Crippen molar-refractivity contribution >= 4 is 11.6 Å². The quantitative estimate of drug-likeness (QED) is 0.571. The van der Waals surface area contributed by atoms with Gasteiger partial charge in [-0.25, -0.2) is 9.97 Å². The van der Waals surface area contributed by atoms with E-state index < -0.39 is 0 Å². The first-order valence-electron chi connectivity index (χ1n) is 7.79. The molecule has 0 spiro atoms. The van der Waals surface area contributed by atoms with Crippen LogP contribution in [0.5, 0.6) is 23.1 Å². The van der Waals surface area contributed by atoms with E-state index in [4.69, 9.17) is 25.8 Å². The molecule has 0 saturated carbocycles. The molecular weight excluding hydrogens is 340 g/mol. The van der Waals surface area contributed by atoms with Crippen LogP contribution >= 0.6 is 11.6 Å². The smallest absolute Gasteiger partial charge is 0.218 e. The van der Waals surface area contributed by atoms with Gasteiger partial charge in [0.05, 0.1) is 0 Å². The van der Waals surface area contributed by atoms with Gasteiger partial charge in [-0.1, -0.05) is 29.8 Å². The highest BCUT2D eigenvalue weighted by Gasteiger charge is 2.07. The van der Waals surface area contributed by atoms with Crippen LogP contribution in [0.3, 0.4) is 0 Å². The van der Waals surface area contributed by atoms with Crippen molar-refractivity contribution < 1.29 is 14.2 Å². The zero-order valence-corrected chi connectivity index (χ0v) is 14.4. The van der Waals surface area contributed by atoms with Crippen LogP contribution in [0.2, 0.25) is 5.15 Å². The number of halogens is 1. The summed E-state index contributed by atoms with van der Waals surface area (Å²) < 4.78 is 17.1. The highest BCUT2D eigenvalue weighted by molar-refractivity contribution is 6.29. The van der Waals surface area contributed by atoms with Crippen LogP contribution < -0.4 is 14.2 Å². The molecule has 0 aliphatic heterocycles. The molecule has 128 valence electrons. The number of para-hydroxylation sites is 1. The molecule has 3 aromatic rings. The van der Waals surface area contributed by atoms with Gasteiger partial charge in [0, 0.05) is 6.07 Å². The molecule has 0 N–H and O–H groups in total. The predicted octanol–water partition coefficient (Wildman–Crippen LogP) is 4.77. The van der Waals surface area contributed by atoms with Crippen LogP contribution in [0, 0.1) is 0 Å². The molecule has 0 fully saturated rings. The third kappa shape index (κ3) is 5.36. The van der Waals surface area contributed by atoms with Crippen LogP contribution in [0.4, 0.5) is 0 Å². The molecule has 0 aliphatic rings. The SMILES string of the molecule is CC(COc1ccc(Oc2ccccc2)cc1)Oc1cc(Cl)ncn1. The first-order chi connectivity index (χ1) is 12.2. The van der Waals surface area contributed by atoms with Crippen molar-refractivity contribution in [3.63, 3.8) is 0 Å². The van der Waals surface area contributed by atoms with Gasteiger partial charge < -0.3 is 14.2 Å². The molecule has 0 amide bonds. The van der Waals surface area contributed by atoms with Crippen LogP contribution in [0.25, 0.3) is 0 Å². The van der Waals surface area contributed by atoms with Crippen molar-refractivity contribution in [3.8, 4) is 23.1 Å². The summed E-state index contributed by atoms with van der Waals surface area (Å²) in [7, 11) is 0. The zero-order valence-electron chi connectivity index (χ0n) is 13.6. The van der Waals surface area contributed by atoms with E-state index >= 15 is 0 Å². The molecule has 2 aromatic carbocycles. The van der Waals surface area contributed by atoms with E-state index in [9.17, 15) is 0 Å². The lowest BCUT2D eigenvalue weighted by molar-refractivity contribution is 0.138. The standard InChI is InChI=1S/C19H17ClN2O3/c1-14(24-19-11-18(20)21-13-22-19)12-23-15-7-9-17(10-8-15)25-16-5-3-2-4-6-16/h2-11,13-14H,12H2,1H3. The molecule has 0 saturated heterocycles. The van der Waals surface area contributed by atoms with E-state index in [1.54, 1.807) is 6.07 Å². The Hall–Kier alpha value is -2.79. The monoisotopic (exact) mass is 356 g/mol. The van der Waals surface area contributed by atoms with Gasteiger partial charge in [0.2, 0.25) is 5.88 Å². The summed E-state index contributed by atoms with van der Waals surface area (Å²) in [5.41, 5.74) is 0. The molecule has 6 heteroatoms. The summed E-state index contributed by atoms with van der Waals surface area (Å²) in [6.07, 6.45) is 1.17. The maximum atomic E-state index is 5.80. The average Bonchev–Trinajstić information content (AvgIpc) is 2.62. The number of ether oxygens (including phenoxy) is 3. The number of hydrogen-bond acceptors (Lipinski definition) is 5. The molecule has 1 aromatic heterocycles. The topological polar surface area (TPSA) is 53.5 Å². The minimum atomic E-state index is -0.189. The van der Waals surface area contributed by atoms with Crippen molar-refractivity contribution in [1.29, 1.82) is 0 Å². The normalized spacial score (nSPS) is 11.6. The summed E-state index contributed by atoms with van der Waals surface area (Å²) in [5, 5.41) is 0.340. The van der Waals surface area contributed by atoms with Crippen LogP contribution in [0.1, 0.15) is 6.92 Å². The maximum Gasteiger partial charge on any atom is 0.218 e. The van der Waals surface area contributed by atoms with E-state index in [1.165, 1.54) is 6.33 Å². The van der Waals surface area contributed by atoms with Gasteiger partial charge >= 0.3 is 0 Å². The molecule has 0 aliphatic carbocycles. The Morgan fingerprint density at radius 2 is 1.60 bits per heavy atom. The van der Waals surface area contributed by atoms with Crippen LogP contribution in [-0.4, -0.2) is 22.7 Å². The summed E-state index contributed by atoms with van der Waals surface area (Å²) >= 11 is 5.80. The number of nitrogens with zero attached hydrogens (tertiary/aromatic N) is 2. The molecule has 1 heterocycles. The minimum absolute atomic E-state index is 0.189. The Balaban J connectivity index is 1.49. The van der Waals surface area contributed by atoms with E-state index in [-0.39, 0.29) is 6.10 Å². The van der Waals surface area contributed by atoms with E-state index in [1.807, 2.05) is 61.5 Å². The molecule has 1 atom stereocenters. The van der Waals surface area contributed by atoms with E-state index in [0.29, 0.717) is 17.6 Å². The molecular formula is C19H17ClN2O3. The highest BCUT2D eigenvalue weighted by Crippen LogP contribution is 2.23. The van der Waals surface area contributed by atoms with Crippen molar-refractivity contribution in [2.45, 2.75) is 13.0 Å². The van der Waals surface area contributed by atoms with Crippen LogP contribution in [0.15, 0.2) is 67.0 Å². The van der Waals surface area contributed by atoms with Gasteiger partial charge in [0.25, 0.3) is 0 Å². The lowest BCUT2D eigenvalue weighted by atomic mass is 10.3. The molecule has 0 bridgehead atoms. The third-order valence-electron chi connectivity index (χ3n) is 3.22. The Labute approximate surface area is 151 Å². The average molecular weight is 357 g/mol. The van der Waals surface area contributed by atoms with Crippen LogP contribution in [-0.2, 0) is 0 Å². The number of hydrogen-bond donors (Lipinski definition) is 0. The summed E-state index contributed by atoms with van der Waals surface area (Å²) in [6, 6.07) is 18.6. The number of aromatic nitrogens is 2. The second-order valence-electron chi connectivity index (χ2n) is 5.30. The third-order valence-corrected chi connectivity index (χ3v) is 3.42. The number of rotatable bonds is 7. The van der Waals surface area contributed by atoms with Crippen molar-refractivity contribution in [1.82, 2.24) is 9.97 Å². The number of benzene rings is 2. The van der Waals surface area contributed by atoms with Gasteiger partial charge in [-0.05, 0) is 43.3 Å². The fourth-order valence-corrected chi connectivity index (χ4v) is 2.20. The highest BCUT2D eigenvalue weighted by atomic mass is 35.5. The van der Waals surface area contributed by atoms with Gasteiger partial charge in [-0.3, -0.25) is 0 Å². The lowest BCUT2D eigenvalue weighted by Gasteiger charge is -2.15. The van der Waals surface area contributed by atoms with Gasteiger partial charge in [-0.2, -0.15) is 0 Å².